The van der Waals surface area contributed by atoms with Crippen molar-refractivity contribution in [3.8, 4) is 17.2 Å². The van der Waals surface area contributed by atoms with Crippen molar-refractivity contribution in [1.82, 2.24) is 4.57 Å². The molecule has 1 aliphatic carbocycles. The molecule has 1 aliphatic heterocycles. The molecule has 3 aromatic carbocycles. The second-order valence-corrected chi connectivity index (χ2v) is 11.2. The highest BCUT2D eigenvalue weighted by Crippen LogP contribution is 2.42. The van der Waals surface area contributed by atoms with Crippen LogP contribution in [-0.4, -0.2) is 25.4 Å². The largest absolute Gasteiger partial charge is 0.497 e. The topological polar surface area (TPSA) is 62.0 Å². The van der Waals surface area contributed by atoms with E-state index in [2.05, 4.69) is 46.3 Å². The van der Waals surface area contributed by atoms with E-state index in [1.807, 2.05) is 47.9 Å². The van der Waals surface area contributed by atoms with Crippen LogP contribution in [0.5, 0.6) is 17.2 Å². The van der Waals surface area contributed by atoms with Gasteiger partial charge in [-0.25, -0.2) is 4.99 Å². The van der Waals surface area contributed by atoms with E-state index in [4.69, 9.17) is 19.2 Å². The molecule has 39 heavy (non-hydrogen) atoms. The molecule has 1 aromatic heterocycles. The molecule has 198 valence electrons. The number of methoxy groups -OCH3 is 2. The molecule has 0 spiro atoms. The Hall–Kier alpha value is -3.62. The van der Waals surface area contributed by atoms with Crippen molar-refractivity contribution in [3.05, 3.63) is 113 Å². The first kappa shape index (κ1) is 25.6. The quantitative estimate of drug-likeness (QED) is 0.292. The summed E-state index contributed by atoms with van der Waals surface area (Å²) in [7, 11) is 3.27. The number of thiazole rings is 1. The molecule has 0 N–H and O–H groups in total. The van der Waals surface area contributed by atoms with E-state index < -0.39 is 0 Å². The van der Waals surface area contributed by atoms with Crippen LogP contribution in [0.25, 0.3) is 11.8 Å². The maximum atomic E-state index is 14.0. The normalized spacial score (nSPS) is 16.2. The summed E-state index contributed by atoms with van der Waals surface area (Å²) in [6, 6.07) is 20.0. The molecule has 4 aromatic rings. The summed E-state index contributed by atoms with van der Waals surface area (Å²) in [4.78, 5) is 19.8. The van der Waals surface area contributed by atoms with E-state index in [0.29, 0.717) is 27.4 Å². The average Bonchev–Trinajstić information content (AvgIpc) is 3.27. The molecule has 2 aliphatic rings. The monoisotopic (exact) mass is 602 g/mol. The molecule has 0 saturated carbocycles. The summed E-state index contributed by atoms with van der Waals surface area (Å²) in [6.45, 7) is 2.45. The summed E-state index contributed by atoms with van der Waals surface area (Å²) >= 11 is 5.00. The molecule has 0 amide bonds. The highest BCUT2D eigenvalue weighted by Gasteiger charge is 2.32. The van der Waals surface area contributed by atoms with Crippen molar-refractivity contribution >= 4 is 39.0 Å². The van der Waals surface area contributed by atoms with Gasteiger partial charge in [-0.3, -0.25) is 9.36 Å². The Balaban J connectivity index is 1.58. The maximum absolute atomic E-state index is 14.0. The van der Waals surface area contributed by atoms with Gasteiger partial charge in [0.15, 0.2) is 16.3 Å². The Bertz CT molecular complexity index is 1800. The van der Waals surface area contributed by atoms with Crippen LogP contribution in [0.2, 0.25) is 0 Å². The predicted octanol–water partition coefficient (Wildman–Crippen LogP) is 5.50. The number of fused-ring (bicyclic) bond motifs is 3. The summed E-state index contributed by atoms with van der Waals surface area (Å²) < 4.78 is 20.1. The molecular weight excluding hydrogens is 576 g/mol. The molecule has 0 radical (unpaired) electrons. The Morgan fingerprint density at radius 1 is 1.08 bits per heavy atom. The van der Waals surface area contributed by atoms with E-state index in [0.717, 1.165) is 51.0 Å². The predicted molar refractivity (Wildman–Crippen MR) is 158 cm³/mol. The number of hydrogen-bond acceptors (Lipinski definition) is 6. The lowest BCUT2D eigenvalue weighted by Gasteiger charge is -2.31. The molecule has 0 saturated heterocycles. The van der Waals surface area contributed by atoms with Gasteiger partial charge in [0.25, 0.3) is 5.56 Å². The van der Waals surface area contributed by atoms with E-state index in [1.54, 1.807) is 14.2 Å². The van der Waals surface area contributed by atoms with Gasteiger partial charge >= 0.3 is 0 Å². The molecule has 1 atom stereocenters. The number of rotatable bonds is 6. The van der Waals surface area contributed by atoms with Gasteiger partial charge in [-0.15, -0.1) is 0 Å². The minimum Gasteiger partial charge on any atom is -0.497 e. The van der Waals surface area contributed by atoms with Crippen LogP contribution in [0.1, 0.15) is 41.6 Å². The highest BCUT2D eigenvalue weighted by molar-refractivity contribution is 9.10. The van der Waals surface area contributed by atoms with Crippen molar-refractivity contribution in [3.63, 3.8) is 0 Å². The second-order valence-electron chi connectivity index (χ2n) is 9.36. The third-order valence-corrected chi connectivity index (χ3v) is 8.69. The van der Waals surface area contributed by atoms with E-state index in [9.17, 15) is 4.79 Å². The summed E-state index contributed by atoms with van der Waals surface area (Å²) in [5.41, 5.74) is 6.34. The zero-order valence-corrected chi connectivity index (χ0v) is 24.3. The average molecular weight is 604 g/mol. The smallest absolute Gasteiger partial charge is 0.271 e. The second kappa shape index (κ2) is 10.5. The van der Waals surface area contributed by atoms with Crippen molar-refractivity contribution in [2.45, 2.75) is 25.8 Å². The van der Waals surface area contributed by atoms with E-state index >= 15 is 0 Å². The van der Waals surface area contributed by atoms with Gasteiger partial charge in [0, 0.05) is 5.56 Å². The van der Waals surface area contributed by atoms with Gasteiger partial charge in [-0.2, -0.15) is 0 Å². The molecule has 0 bridgehead atoms. The van der Waals surface area contributed by atoms with Gasteiger partial charge in [0.2, 0.25) is 0 Å². The fraction of sp³-hybridized carbons (Fsp3) is 0.226. The van der Waals surface area contributed by atoms with Crippen LogP contribution in [0.3, 0.4) is 0 Å². The maximum Gasteiger partial charge on any atom is 0.271 e. The molecule has 8 heteroatoms. The first-order chi connectivity index (χ1) is 19.0. The fourth-order valence-corrected chi connectivity index (χ4v) is 6.97. The SMILES string of the molecule is CCOc1c(Br)cc(C=c2sc3n(c2=O)C(c2cccc(OC)c2)C2=C(N=3)c3ccccc3CC2)cc1OC. The molecule has 2 heterocycles. The highest BCUT2D eigenvalue weighted by atomic mass is 79.9. The first-order valence-corrected chi connectivity index (χ1v) is 14.4. The van der Waals surface area contributed by atoms with Gasteiger partial charge in [-0.1, -0.05) is 47.7 Å². The lowest BCUT2D eigenvalue weighted by molar-refractivity contribution is 0.309. The van der Waals surface area contributed by atoms with E-state index in [-0.39, 0.29) is 11.6 Å². The van der Waals surface area contributed by atoms with Crippen molar-refractivity contribution in [2.24, 2.45) is 4.99 Å². The minimum atomic E-state index is -0.261. The van der Waals surface area contributed by atoms with Crippen LogP contribution in [0.4, 0.5) is 0 Å². The van der Waals surface area contributed by atoms with Crippen LogP contribution in [0.15, 0.2) is 80.5 Å². The van der Waals surface area contributed by atoms with Gasteiger partial charge in [0.05, 0.1) is 41.6 Å². The van der Waals surface area contributed by atoms with Gasteiger partial charge in [0.1, 0.15) is 5.75 Å². The lowest BCUT2D eigenvalue weighted by Crippen LogP contribution is -2.38. The van der Waals surface area contributed by atoms with Gasteiger partial charge < -0.3 is 14.2 Å². The molecular formula is C31H27BrN2O4S. The van der Waals surface area contributed by atoms with Crippen LogP contribution < -0.4 is 29.1 Å². The summed E-state index contributed by atoms with van der Waals surface area (Å²) in [5, 5.41) is 0. The zero-order valence-electron chi connectivity index (χ0n) is 21.9. The Morgan fingerprint density at radius 2 is 1.92 bits per heavy atom. The molecule has 0 fully saturated rings. The Labute approximate surface area is 238 Å². The third kappa shape index (κ3) is 4.51. The molecule has 6 rings (SSSR count). The van der Waals surface area contributed by atoms with Crippen LogP contribution in [0, 0.1) is 0 Å². The Morgan fingerprint density at radius 3 is 2.72 bits per heavy atom. The summed E-state index contributed by atoms with van der Waals surface area (Å²) in [6.07, 6.45) is 3.64. The number of aryl methyl sites for hydroxylation is 1. The first-order valence-electron chi connectivity index (χ1n) is 12.8. The number of ether oxygens (including phenoxy) is 3. The number of halogens is 1. The van der Waals surface area contributed by atoms with Crippen LogP contribution in [-0.2, 0) is 6.42 Å². The number of nitrogens with zero attached hydrogens (tertiary/aromatic N) is 2. The fourth-order valence-electron chi connectivity index (χ4n) is 5.39. The number of allylic oxidation sites excluding steroid dienone is 1. The zero-order chi connectivity index (χ0) is 27.1. The molecule has 1 unspecified atom stereocenters. The molecule has 6 nitrogen and oxygen atoms in total. The van der Waals surface area contributed by atoms with Crippen molar-refractivity contribution < 1.29 is 14.2 Å². The van der Waals surface area contributed by atoms with Crippen molar-refractivity contribution in [1.29, 1.82) is 0 Å². The minimum absolute atomic E-state index is 0.0686. The number of benzene rings is 3. The van der Waals surface area contributed by atoms with Crippen LogP contribution >= 0.6 is 27.3 Å². The Kier molecular flexibility index (Phi) is 6.91. The van der Waals surface area contributed by atoms with Crippen molar-refractivity contribution in [2.75, 3.05) is 20.8 Å². The third-order valence-electron chi connectivity index (χ3n) is 7.12. The van der Waals surface area contributed by atoms with E-state index in [1.165, 1.54) is 16.9 Å². The van der Waals surface area contributed by atoms with Gasteiger partial charge in [-0.05, 0) is 88.3 Å². The number of aromatic nitrogens is 1. The standard InChI is InChI=1S/C31H27BrN2O4S/c1-4-38-29-24(32)14-18(15-25(29)37-3)16-26-30(35)34-28(20-9-7-10-21(17-20)36-2)23-13-12-19-8-5-6-11-22(19)27(23)33-31(34)39-26/h5-11,14-17,28H,4,12-13H2,1-3H3. The lowest BCUT2D eigenvalue weighted by atomic mass is 9.83. The summed E-state index contributed by atoms with van der Waals surface area (Å²) in [5.74, 6) is 2.01. The number of hydrogen-bond donors (Lipinski definition) is 0.